The summed E-state index contributed by atoms with van der Waals surface area (Å²) >= 11 is 0. The van der Waals surface area contributed by atoms with Gasteiger partial charge in [-0.1, -0.05) is 245 Å². The first-order valence-corrected chi connectivity index (χ1v) is 30.9. The molecule has 6 aromatic rings. The molecule has 6 rings (SSSR count). The van der Waals surface area contributed by atoms with E-state index in [1.807, 2.05) is 0 Å². The summed E-state index contributed by atoms with van der Waals surface area (Å²) in [6, 6.07) is 34.8. The van der Waals surface area contributed by atoms with Gasteiger partial charge >= 0.3 is 17.2 Å². The second kappa shape index (κ2) is 23.0. The Hall–Kier alpha value is -4.02. The molecule has 0 aromatic heterocycles. The summed E-state index contributed by atoms with van der Waals surface area (Å²) in [6.45, 7) is 67.1. The molecule has 0 fully saturated rings. The Morgan fingerprint density at radius 2 is 0.506 bits per heavy atom. The van der Waals surface area contributed by atoms with Crippen LogP contribution in [0.5, 0.6) is 0 Å². The lowest BCUT2D eigenvalue weighted by Crippen LogP contribution is -2.21. The van der Waals surface area contributed by atoms with Crippen LogP contribution in [-0.2, 0) is 47.6 Å². The normalized spacial score (nSPS) is 13.3. The van der Waals surface area contributed by atoms with Crippen LogP contribution in [0.2, 0.25) is 0 Å². The van der Waals surface area contributed by atoms with Gasteiger partial charge in [0.2, 0.25) is 0 Å². The zero-order valence-electron chi connectivity index (χ0n) is 54.2. The molecule has 6 aromatic carbocycles. The van der Waals surface area contributed by atoms with E-state index in [2.05, 4.69) is 283 Å². The molecule has 7 heteroatoms. The number of hydrogen-bond acceptors (Lipinski definition) is 5. The molecule has 79 heavy (non-hydrogen) atoms. The molecular weight excluding hydrogens is 1010 g/mol. The van der Waals surface area contributed by atoms with E-state index in [-0.39, 0.29) is 43.3 Å². The standard InChI is InChI=1S/C72H98.H4O5P2/c1-43-34-48(58(69(17,18)19)39-54(43)65(5,6)7)50-38-51(49-35-44(2)55(66(8,9)10)40-59(49)70(20,21)22)63(52-36-45(3)56(67(11,12)13)41-60(52)71(23,24)25)64(62(50)47-32-30-29-31-33-47)53-37-46(4)57(68(14,15)16)42-61(53)72(26,27)28;1-6(2)5-7(3)4/h29-42H,1-28H3;1-4H. The highest BCUT2D eigenvalue weighted by Crippen LogP contribution is 2.57. The van der Waals surface area contributed by atoms with Gasteiger partial charge in [0.05, 0.1) is 0 Å². The van der Waals surface area contributed by atoms with Crippen molar-refractivity contribution in [2.45, 2.75) is 237 Å². The molecule has 0 amide bonds. The van der Waals surface area contributed by atoms with E-state index in [1.54, 1.807) is 0 Å². The minimum absolute atomic E-state index is 0.0205. The van der Waals surface area contributed by atoms with Crippen LogP contribution in [-0.4, -0.2) is 19.6 Å². The van der Waals surface area contributed by atoms with Crippen LogP contribution in [0.15, 0.2) is 84.9 Å². The van der Waals surface area contributed by atoms with Gasteiger partial charge in [0.25, 0.3) is 0 Å². The maximum atomic E-state index is 7.82. The van der Waals surface area contributed by atoms with Gasteiger partial charge in [-0.05, 0) is 199 Å². The summed E-state index contributed by atoms with van der Waals surface area (Å²) in [5, 5.41) is 0. The van der Waals surface area contributed by atoms with Crippen molar-refractivity contribution in [3.63, 3.8) is 0 Å². The van der Waals surface area contributed by atoms with Gasteiger partial charge in [-0.25, -0.2) is 4.31 Å². The van der Waals surface area contributed by atoms with Crippen molar-refractivity contribution in [2.24, 2.45) is 0 Å². The fourth-order valence-corrected chi connectivity index (χ4v) is 12.6. The molecule has 0 radical (unpaired) electrons. The van der Waals surface area contributed by atoms with Gasteiger partial charge in [-0.15, -0.1) is 0 Å². The third-order valence-corrected chi connectivity index (χ3v) is 16.7. The minimum atomic E-state index is -2.61. The topological polar surface area (TPSA) is 90.2 Å². The molecule has 0 heterocycles. The molecule has 0 aliphatic heterocycles. The summed E-state index contributed by atoms with van der Waals surface area (Å²) in [5.41, 5.74) is 28.8. The highest BCUT2D eigenvalue weighted by atomic mass is 31.2. The molecule has 0 spiro atoms. The third-order valence-electron chi connectivity index (χ3n) is 15.6. The average Bonchev–Trinajstić information content (AvgIpc) is 3.24. The van der Waals surface area contributed by atoms with Crippen molar-refractivity contribution in [1.82, 2.24) is 0 Å². The molecule has 0 aliphatic rings. The Kier molecular flexibility index (Phi) is 19.1. The fourth-order valence-electron chi connectivity index (χ4n) is 12.0. The van der Waals surface area contributed by atoms with Crippen molar-refractivity contribution >= 4 is 17.2 Å². The van der Waals surface area contributed by atoms with E-state index in [1.165, 1.54) is 122 Å². The first kappa shape index (κ1) is 65.8. The third kappa shape index (κ3) is 15.0. The van der Waals surface area contributed by atoms with Crippen LogP contribution >= 0.6 is 17.2 Å². The van der Waals surface area contributed by atoms with Gasteiger partial charge in [-0.2, -0.15) is 0 Å². The predicted octanol–water partition coefficient (Wildman–Crippen LogP) is 21.1. The van der Waals surface area contributed by atoms with Crippen LogP contribution in [0.4, 0.5) is 0 Å². The lowest BCUT2D eigenvalue weighted by molar-refractivity contribution is 0.324. The van der Waals surface area contributed by atoms with E-state index in [4.69, 9.17) is 19.6 Å². The van der Waals surface area contributed by atoms with E-state index in [9.17, 15) is 0 Å². The highest BCUT2D eigenvalue weighted by molar-refractivity contribution is 7.53. The maximum absolute atomic E-state index is 7.82. The Labute approximate surface area is 483 Å². The van der Waals surface area contributed by atoms with Gasteiger partial charge in [0.1, 0.15) is 0 Å². The molecular formula is C72H102O5P2. The van der Waals surface area contributed by atoms with E-state index < -0.39 is 17.2 Å². The zero-order valence-corrected chi connectivity index (χ0v) is 56.0. The lowest BCUT2D eigenvalue weighted by Gasteiger charge is -2.36. The highest BCUT2D eigenvalue weighted by Gasteiger charge is 2.37. The van der Waals surface area contributed by atoms with Crippen LogP contribution in [0.3, 0.4) is 0 Å². The quantitative estimate of drug-likeness (QED) is 0.120. The van der Waals surface area contributed by atoms with Gasteiger partial charge in [0.15, 0.2) is 0 Å². The van der Waals surface area contributed by atoms with E-state index in [0.29, 0.717) is 0 Å². The molecule has 430 valence electrons. The molecule has 0 saturated heterocycles. The maximum Gasteiger partial charge on any atom is 0.334 e. The summed E-state index contributed by atoms with van der Waals surface area (Å²) in [7, 11) is -5.22. The number of aryl methyl sites for hydroxylation is 4. The van der Waals surface area contributed by atoms with Crippen LogP contribution in [0, 0.1) is 27.7 Å². The molecule has 0 bridgehead atoms. The SMILES string of the molecule is Cc1cc(-c2cc(-c3cc(C)c(C(C)(C)C)cc3C(C)(C)C)c(-c3cc(C)c(C(C)(C)C)cc3C(C)(C)C)c(-c3cc(C)c(C(C)(C)C)cc3C(C)(C)C)c2-c2ccccc2)c(C(C)(C)C)cc1C(C)(C)C.OP(O)OP(O)O. The van der Waals surface area contributed by atoms with E-state index >= 15 is 0 Å². The fraction of sp³-hybridized carbons (Fsp3) is 0.500. The second-order valence-electron chi connectivity index (χ2n) is 30.9. The Morgan fingerprint density at radius 3 is 0.759 bits per heavy atom. The molecule has 0 unspecified atom stereocenters. The number of hydrogen-bond donors (Lipinski definition) is 4. The predicted molar refractivity (Wildman–Crippen MR) is 346 cm³/mol. The molecule has 0 atom stereocenters. The van der Waals surface area contributed by atoms with Crippen molar-refractivity contribution in [3.05, 3.63) is 152 Å². The summed E-state index contributed by atoms with van der Waals surface area (Å²) in [4.78, 5) is 31.3. The number of benzene rings is 6. The van der Waals surface area contributed by atoms with Crippen LogP contribution in [0.1, 0.15) is 233 Å². The first-order valence-electron chi connectivity index (χ1n) is 28.5. The Morgan fingerprint density at radius 1 is 0.266 bits per heavy atom. The van der Waals surface area contributed by atoms with Gasteiger partial charge in [-0.3, -0.25) is 0 Å². The molecule has 0 aliphatic carbocycles. The second-order valence-corrected chi connectivity index (χ2v) is 32.6. The lowest BCUT2D eigenvalue weighted by atomic mass is 9.68. The zero-order chi connectivity index (χ0) is 60.5. The minimum Gasteiger partial charge on any atom is -0.328 e. The van der Waals surface area contributed by atoms with Crippen LogP contribution < -0.4 is 0 Å². The smallest absolute Gasteiger partial charge is 0.328 e. The molecule has 5 nitrogen and oxygen atoms in total. The van der Waals surface area contributed by atoms with E-state index in [0.717, 1.165) is 0 Å². The van der Waals surface area contributed by atoms with Gasteiger partial charge in [0, 0.05) is 0 Å². The number of rotatable bonds is 7. The van der Waals surface area contributed by atoms with Crippen molar-refractivity contribution in [3.8, 4) is 55.6 Å². The first-order chi connectivity index (χ1) is 35.6. The Bertz CT molecular complexity index is 3170. The average molecular weight is 1110 g/mol. The summed E-state index contributed by atoms with van der Waals surface area (Å²) in [5.74, 6) is 0. The molecule has 0 saturated carbocycles. The largest absolute Gasteiger partial charge is 0.334 e. The Balaban J connectivity index is 0.00000153. The van der Waals surface area contributed by atoms with Crippen molar-refractivity contribution < 1.29 is 23.9 Å². The van der Waals surface area contributed by atoms with Crippen LogP contribution in [0.25, 0.3) is 55.6 Å². The summed E-state index contributed by atoms with van der Waals surface area (Å²) < 4.78 is 3.60. The van der Waals surface area contributed by atoms with Gasteiger partial charge < -0.3 is 19.6 Å². The van der Waals surface area contributed by atoms with Crippen molar-refractivity contribution in [1.29, 1.82) is 0 Å². The summed E-state index contributed by atoms with van der Waals surface area (Å²) in [6.07, 6.45) is 0. The molecule has 4 N–H and O–H groups in total. The van der Waals surface area contributed by atoms with Crippen molar-refractivity contribution in [2.75, 3.05) is 0 Å². The monoisotopic (exact) mass is 1110 g/mol.